The number of hydrogen-bond donors (Lipinski definition) is 0. The summed E-state index contributed by atoms with van der Waals surface area (Å²) in [6.45, 7) is 3.13. The van der Waals surface area contributed by atoms with Crippen LogP contribution in [0.3, 0.4) is 0 Å². The predicted octanol–water partition coefficient (Wildman–Crippen LogP) is 2.88. The number of likely N-dealkylation sites (tertiary alicyclic amines) is 1. The van der Waals surface area contributed by atoms with E-state index in [9.17, 15) is 13.6 Å². The molecule has 5 heteroatoms. The minimum absolute atomic E-state index is 0.255. The Morgan fingerprint density at radius 2 is 2.20 bits per heavy atom. The molecule has 0 bridgehead atoms. The van der Waals surface area contributed by atoms with E-state index in [4.69, 9.17) is 4.74 Å². The van der Waals surface area contributed by atoms with Crippen LogP contribution in [-0.4, -0.2) is 30.1 Å². The maximum absolute atomic E-state index is 13.7. The molecule has 1 aliphatic heterocycles. The molecule has 0 spiro atoms. The summed E-state index contributed by atoms with van der Waals surface area (Å²) in [7, 11) is 0. The normalized spacial score (nSPS) is 19.9. The van der Waals surface area contributed by atoms with Crippen molar-refractivity contribution in [3.05, 3.63) is 35.4 Å². The van der Waals surface area contributed by atoms with E-state index >= 15 is 0 Å². The summed E-state index contributed by atoms with van der Waals surface area (Å²) in [4.78, 5) is 13.8. The Morgan fingerprint density at radius 3 is 2.90 bits per heavy atom. The molecule has 110 valence electrons. The lowest BCUT2D eigenvalue weighted by Crippen LogP contribution is -2.45. The molecule has 0 N–H and O–H groups in total. The van der Waals surface area contributed by atoms with Crippen molar-refractivity contribution in [1.82, 2.24) is 4.90 Å². The number of nitrogens with zero attached hydrogens (tertiary/aromatic N) is 1. The van der Waals surface area contributed by atoms with Crippen LogP contribution in [0.15, 0.2) is 18.2 Å². The van der Waals surface area contributed by atoms with E-state index in [0.29, 0.717) is 18.7 Å². The smallest absolute Gasteiger partial charge is 0.323 e. The number of carbonyl (C=O) groups is 1. The molecule has 3 nitrogen and oxygen atoms in total. The molecule has 20 heavy (non-hydrogen) atoms. The molecule has 1 saturated heterocycles. The second-order valence-corrected chi connectivity index (χ2v) is 4.97. The van der Waals surface area contributed by atoms with Crippen molar-refractivity contribution >= 4 is 5.97 Å². The number of esters is 1. The van der Waals surface area contributed by atoms with Gasteiger partial charge in [-0.2, -0.15) is 0 Å². The van der Waals surface area contributed by atoms with Crippen LogP contribution in [0.2, 0.25) is 0 Å². The Morgan fingerprint density at radius 1 is 1.40 bits per heavy atom. The summed E-state index contributed by atoms with van der Waals surface area (Å²) in [5.74, 6) is -1.42. The second-order valence-electron chi connectivity index (χ2n) is 4.97. The molecule has 0 radical (unpaired) electrons. The lowest BCUT2D eigenvalue weighted by molar-refractivity contribution is -0.151. The van der Waals surface area contributed by atoms with E-state index in [0.717, 1.165) is 31.9 Å². The summed E-state index contributed by atoms with van der Waals surface area (Å²) < 4.78 is 31.7. The van der Waals surface area contributed by atoms with Crippen molar-refractivity contribution in [3.8, 4) is 0 Å². The summed E-state index contributed by atoms with van der Waals surface area (Å²) in [5, 5.41) is 0. The maximum Gasteiger partial charge on any atom is 0.323 e. The van der Waals surface area contributed by atoms with E-state index in [1.165, 1.54) is 12.1 Å². The number of hydrogen-bond acceptors (Lipinski definition) is 3. The van der Waals surface area contributed by atoms with Gasteiger partial charge >= 0.3 is 5.97 Å². The van der Waals surface area contributed by atoms with Gasteiger partial charge in [-0.25, -0.2) is 8.78 Å². The van der Waals surface area contributed by atoms with Gasteiger partial charge in [0.15, 0.2) is 0 Å². The molecule has 0 saturated carbocycles. The maximum atomic E-state index is 13.7. The number of benzene rings is 1. The minimum atomic E-state index is -0.591. The average molecular weight is 283 g/mol. The summed E-state index contributed by atoms with van der Waals surface area (Å²) >= 11 is 0. The standard InChI is InChI=1S/C15H19F2NO2/c1-2-20-15(19)14-5-3-4-8-18(14)10-11-6-7-12(16)9-13(11)17/h6-7,9,14H,2-5,8,10H2,1H3/t14-/m0/s1. The predicted molar refractivity (Wildman–Crippen MR) is 71.0 cm³/mol. The van der Waals surface area contributed by atoms with Gasteiger partial charge in [-0.3, -0.25) is 9.69 Å². The van der Waals surface area contributed by atoms with Crippen LogP contribution in [0.1, 0.15) is 31.7 Å². The van der Waals surface area contributed by atoms with Crippen molar-refractivity contribution in [2.75, 3.05) is 13.2 Å². The fraction of sp³-hybridized carbons (Fsp3) is 0.533. The molecular formula is C15H19F2NO2. The van der Waals surface area contributed by atoms with Crippen molar-refractivity contribution in [2.24, 2.45) is 0 Å². The SMILES string of the molecule is CCOC(=O)[C@@H]1CCCCN1Cc1ccc(F)cc1F. The summed E-state index contributed by atoms with van der Waals surface area (Å²) in [6.07, 6.45) is 2.66. The highest BCUT2D eigenvalue weighted by molar-refractivity contribution is 5.75. The molecule has 1 aliphatic rings. The monoisotopic (exact) mass is 283 g/mol. The van der Waals surface area contributed by atoms with Gasteiger partial charge in [-0.05, 0) is 32.4 Å². The second kappa shape index (κ2) is 6.79. The number of carbonyl (C=O) groups excluding carboxylic acids is 1. The highest BCUT2D eigenvalue weighted by Crippen LogP contribution is 2.22. The van der Waals surface area contributed by atoms with Crippen LogP contribution >= 0.6 is 0 Å². The fourth-order valence-corrected chi connectivity index (χ4v) is 2.55. The molecule has 0 unspecified atom stereocenters. The zero-order valence-electron chi connectivity index (χ0n) is 11.6. The average Bonchev–Trinajstić information content (AvgIpc) is 2.43. The van der Waals surface area contributed by atoms with Crippen molar-refractivity contribution < 1.29 is 18.3 Å². The van der Waals surface area contributed by atoms with E-state index in [1.54, 1.807) is 6.92 Å². The van der Waals surface area contributed by atoms with Gasteiger partial charge < -0.3 is 4.74 Å². The third-order valence-corrected chi connectivity index (χ3v) is 3.56. The molecule has 1 fully saturated rings. The molecule has 0 aliphatic carbocycles. The van der Waals surface area contributed by atoms with Gasteiger partial charge in [0.25, 0.3) is 0 Å². The summed E-state index contributed by atoms with van der Waals surface area (Å²) in [6, 6.07) is 3.22. The summed E-state index contributed by atoms with van der Waals surface area (Å²) in [5.41, 5.74) is 0.405. The molecule has 0 aromatic heterocycles. The highest BCUT2D eigenvalue weighted by atomic mass is 19.1. The van der Waals surface area contributed by atoms with Crippen molar-refractivity contribution in [3.63, 3.8) is 0 Å². The first-order chi connectivity index (χ1) is 9.61. The van der Waals surface area contributed by atoms with Crippen molar-refractivity contribution in [1.29, 1.82) is 0 Å². The Balaban J connectivity index is 2.10. The van der Waals surface area contributed by atoms with Crippen LogP contribution in [-0.2, 0) is 16.1 Å². The number of ether oxygens (including phenoxy) is 1. The third-order valence-electron chi connectivity index (χ3n) is 3.56. The van der Waals surface area contributed by atoms with Crippen molar-refractivity contribution in [2.45, 2.75) is 38.8 Å². The lowest BCUT2D eigenvalue weighted by atomic mass is 10.0. The largest absolute Gasteiger partial charge is 0.465 e. The van der Waals surface area contributed by atoms with Crippen LogP contribution in [0.25, 0.3) is 0 Å². The van der Waals surface area contributed by atoms with Crippen LogP contribution in [0.5, 0.6) is 0 Å². The van der Waals surface area contributed by atoms with E-state index in [2.05, 4.69) is 0 Å². The van der Waals surface area contributed by atoms with Gasteiger partial charge in [0.1, 0.15) is 17.7 Å². The zero-order valence-corrected chi connectivity index (χ0v) is 11.6. The van der Waals surface area contributed by atoms with Crippen LogP contribution in [0, 0.1) is 11.6 Å². The Hall–Kier alpha value is -1.49. The number of halogens is 2. The van der Waals surface area contributed by atoms with E-state index in [1.807, 2.05) is 4.90 Å². The number of rotatable bonds is 4. The fourth-order valence-electron chi connectivity index (χ4n) is 2.55. The van der Waals surface area contributed by atoms with Gasteiger partial charge in [-0.1, -0.05) is 12.5 Å². The molecule has 0 amide bonds. The van der Waals surface area contributed by atoms with Gasteiger partial charge in [0, 0.05) is 18.2 Å². The molecule has 1 aromatic rings. The topological polar surface area (TPSA) is 29.5 Å². The quantitative estimate of drug-likeness (QED) is 0.796. The first-order valence-electron chi connectivity index (χ1n) is 6.96. The minimum Gasteiger partial charge on any atom is -0.465 e. The molecule has 2 rings (SSSR count). The highest BCUT2D eigenvalue weighted by Gasteiger charge is 2.30. The Kier molecular flexibility index (Phi) is 5.06. The van der Waals surface area contributed by atoms with Crippen LogP contribution in [0.4, 0.5) is 8.78 Å². The Bertz CT molecular complexity index is 479. The molecule has 1 heterocycles. The van der Waals surface area contributed by atoms with E-state index in [-0.39, 0.29) is 12.0 Å². The first-order valence-corrected chi connectivity index (χ1v) is 6.96. The number of piperidine rings is 1. The first kappa shape index (κ1) is 14.9. The van der Waals surface area contributed by atoms with Gasteiger partial charge in [0.05, 0.1) is 6.61 Å². The lowest BCUT2D eigenvalue weighted by Gasteiger charge is -2.34. The van der Waals surface area contributed by atoms with Crippen LogP contribution < -0.4 is 0 Å². The van der Waals surface area contributed by atoms with Gasteiger partial charge in [-0.15, -0.1) is 0 Å². The Labute approximate surface area is 117 Å². The molecule has 1 atom stereocenters. The molecule has 1 aromatic carbocycles. The molecular weight excluding hydrogens is 264 g/mol. The third kappa shape index (κ3) is 3.54. The van der Waals surface area contributed by atoms with Gasteiger partial charge in [0.2, 0.25) is 0 Å². The zero-order chi connectivity index (χ0) is 14.5. The van der Waals surface area contributed by atoms with E-state index < -0.39 is 11.6 Å².